The molecule has 1 aliphatic heterocycles. The number of nitrogens with one attached hydrogen (secondary N) is 1. The molecule has 3 rings (SSSR count). The molecule has 0 atom stereocenters. The average Bonchev–Trinajstić information content (AvgIpc) is 2.66. The molecule has 3 heterocycles. The molecule has 1 saturated heterocycles. The SMILES string of the molecule is O=C(COc1ncccn1)NCc1ccnc(N2CCOCC2)n1. The summed E-state index contributed by atoms with van der Waals surface area (Å²) >= 11 is 0. The summed E-state index contributed by atoms with van der Waals surface area (Å²) in [6.45, 7) is 3.02. The lowest BCUT2D eigenvalue weighted by molar-refractivity contribution is -0.123. The summed E-state index contributed by atoms with van der Waals surface area (Å²) < 4.78 is 10.5. The number of carbonyl (C=O) groups excluding carboxylic acids is 1. The largest absolute Gasteiger partial charge is 0.453 e. The van der Waals surface area contributed by atoms with Gasteiger partial charge in [-0.05, 0) is 12.1 Å². The first-order valence-electron chi connectivity index (χ1n) is 7.62. The van der Waals surface area contributed by atoms with Crippen LogP contribution in [0.25, 0.3) is 0 Å². The van der Waals surface area contributed by atoms with Crippen molar-refractivity contribution in [2.45, 2.75) is 6.54 Å². The van der Waals surface area contributed by atoms with Crippen LogP contribution in [0.3, 0.4) is 0 Å². The molecule has 1 N–H and O–H groups in total. The summed E-state index contributed by atoms with van der Waals surface area (Å²) in [5.41, 5.74) is 0.732. The van der Waals surface area contributed by atoms with Crippen LogP contribution in [0.15, 0.2) is 30.7 Å². The highest BCUT2D eigenvalue weighted by molar-refractivity contribution is 5.77. The molecule has 9 nitrogen and oxygen atoms in total. The maximum absolute atomic E-state index is 11.8. The van der Waals surface area contributed by atoms with Crippen LogP contribution in [0.2, 0.25) is 0 Å². The average molecular weight is 330 g/mol. The number of rotatable bonds is 6. The fourth-order valence-corrected chi connectivity index (χ4v) is 2.13. The summed E-state index contributed by atoms with van der Waals surface area (Å²) in [7, 11) is 0. The second-order valence-corrected chi connectivity index (χ2v) is 5.04. The van der Waals surface area contributed by atoms with E-state index in [1.807, 2.05) is 0 Å². The van der Waals surface area contributed by atoms with Gasteiger partial charge in [0.15, 0.2) is 6.61 Å². The van der Waals surface area contributed by atoms with E-state index in [1.54, 1.807) is 30.7 Å². The van der Waals surface area contributed by atoms with Crippen LogP contribution in [0.4, 0.5) is 5.95 Å². The lowest BCUT2D eigenvalue weighted by Crippen LogP contribution is -2.37. The summed E-state index contributed by atoms with van der Waals surface area (Å²) in [6.07, 6.45) is 4.79. The number of nitrogens with zero attached hydrogens (tertiary/aromatic N) is 5. The molecule has 1 fully saturated rings. The van der Waals surface area contributed by atoms with Gasteiger partial charge in [-0.2, -0.15) is 0 Å². The van der Waals surface area contributed by atoms with Crippen molar-refractivity contribution in [1.29, 1.82) is 0 Å². The molecule has 2 aromatic heterocycles. The number of amides is 1. The zero-order valence-corrected chi connectivity index (χ0v) is 13.1. The van der Waals surface area contributed by atoms with Crippen LogP contribution in [0.5, 0.6) is 6.01 Å². The molecular weight excluding hydrogens is 312 g/mol. The van der Waals surface area contributed by atoms with Gasteiger partial charge >= 0.3 is 6.01 Å². The van der Waals surface area contributed by atoms with Gasteiger partial charge in [0.05, 0.1) is 25.5 Å². The molecule has 1 amide bonds. The van der Waals surface area contributed by atoms with Crippen LogP contribution in [-0.2, 0) is 16.1 Å². The summed E-state index contributed by atoms with van der Waals surface area (Å²) in [4.78, 5) is 30.4. The van der Waals surface area contributed by atoms with Crippen molar-refractivity contribution in [1.82, 2.24) is 25.3 Å². The Morgan fingerprint density at radius 2 is 2.00 bits per heavy atom. The Labute approximate surface area is 139 Å². The van der Waals surface area contributed by atoms with Gasteiger partial charge < -0.3 is 19.7 Å². The maximum Gasteiger partial charge on any atom is 0.316 e. The zero-order valence-electron chi connectivity index (χ0n) is 13.1. The number of anilines is 1. The maximum atomic E-state index is 11.8. The monoisotopic (exact) mass is 330 g/mol. The van der Waals surface area contributed by atoms with E-state index in [-0.39, 0.29) is 18.5 Å². The molecule has 0 spiro atoms. The number of hydrogen-bond acceptors (Lipinski definition) is 8. The van der Waals surface area contributed by atoms with E-state index in [0.29, 0.717) is 25.7 Å². The molecule has 0 aliphatic carbocycles. The number of aromatic nitrogens is 4. The molecule has 0 saturated carbocycles. The highest BCUT2D eigenvalue weighted by Crippen LogP contribution is 2.09. The first-order valence-corrected chi connectivity index (χ1v) is 7.62. The Morgan fingerprint density at radius 1 is 1.21 bits per heavy atom. The first kappa shape index (κ1) is 16.1. The van der Waals surface area contributed by atoms with Crippen LogP contribution >= 0.6 is 0 Å². The number of hydrogen-bond donors (Lipinski definition) is 1. The molecule has 24 heavy (non-hydrogen) atoms. The van der Waals surface area contributed by atoms with Gasteiger partial charge in [0.1, 0.15) is 0 Å². The van der Waals surface area contributed by atoms with Crippen molar-refractivity contribution < 1.29 is 14.3 Å². The predicted molar refractivity (Wildman–Crippen MR) is 84.4 cm³/mol. The fourth-order valence-electron chi connectivity index (χ4n) is 2.13. The number of morpholine rings is 1. The van der Waals surface area contributed by atoms with Crippen molar-refractivity contribution in [2.75, 3.05) is 37.8 Å². The Balaban J connectivity index is 1.48. The van der Waals surface area contributed by atoms with Crippen LogP contribution < -0.4 is 15.0 Å². The predicted octanol–water partition coefficient (Wildman–Crippen LogP) is -0.202. The van der Waals surface area contributed by atoms with E-state index in [4.69, 9.17) is 9.47 Å². The summed E-state index contributed by atoms with van der Waals surface area (Å²) in [5.74, 6) is 0.382. The molecule has 126 valence electrons. The fraction of sp³-hybridized carbons (Fsp3) is 0.400. The molecule has 9 heteroatoms. The van der Waals surface area contributed by atoms with Crippen molar-refractivity contribution in [3.05, 3.63) is 36.4 Å². The van der Waals surface area contributed by atoms with E-state index < -0.39 is 0 Å². The van der Waals surface area contributed by atoms with Crippen LogP contribution in [0.1, 0.15) is 5.69 Å². The topological polar surface area (TPSA) is 102 Å². The van der Waals surface area contributed by atoms with E-state index >= 15 is 0 Å². The van der Waals surface area contributed by atoms with Gasteiger partial charge in [-0.1, -0.05) is 0 Å². The number of carbonyl (C=O) groups is 1. The Bertz CT molecular complexity index is 663. The molecule has 0 aromatic carbocycles. The van der Waals surface area contributed by atoms with Gasteiger partial charge in [-0.3, -0.25) is 4.79 Å². The third kappa shape index (κ3) is 4.59. The molecule has 1 aliphatic rings. The molecule has 0 bridgehead atoms. The molecule has 2 aromatic rings. The third-order valence-electron chi connectivity index (χ3n) is 3.34. The Morgan fingerprint density at radius 3 is 2.79 bits per heavy atom. The lowest BCUT2D eigenvalue weighted by atomic mass is 10.4. The number of ether oxygens (including phenoxy) is 2. The van der Waals surface area contributed by atoms with Gasteiger partial charge in [0.25, 0.3) is 5.91 Å². The quantitative estimate of drug-likeness (QED) is 0.777. The van der Waals surface area contributed by atoms with Gasteiger partial charge in [0, 0.05) is 31.7 Å². The van der Waals surface area contributed by atoms with Gasteiger partial charge in [0.2, 0.25) is 5.95 Å². The minimum Gasteiger partial charge on any atom is -0.453 e. The highest BCUT2D eigenvalue weighted by Gasteiger charge is 2.14. The second-order valence-electron chi connectivity index (χ2n) is 5.04. The third-order valence-corrected chi connectivity index (χ3v) is 3.34. The summed E-state index contributed by atoms with van der Waals surface area (Å²) in [6, 6.07) is 3.61. The minimum absolute atomic E-state index is 0.147. The normalized spacial score (nSPS) is 14.2. The van der Waals surface area contributed by atoms with Crippen molar-refractivity contribution in [3.8, 4) is 6.01 Å². The molecule has 0 radical (unpaired) electrons. The first-order chi connectivity index (χ1) is 11.8. The summed E-state index contributed by atoms with van der Waals surface area (Å²) in [5, 5.41) is 2.75. The van der Waals surface area contributed by atoms with Crippen LogP contribution in [-0.4, -0.2) is 58.8 Å². The van der Waals surface area contributed by atoms with E-state index in [2.05, 4.69) is 30.2 Å². The van der Waals surface area contributed by atoms with Gasteiger partial charge in [-0.15, -0.1) is 0 Å². The van der Waals surface area contributed by atoms with Crippen LogP contribution in [0, 0.1) is 0 Å². The lowest BCUT2D eigenvalue weighted by Gasteiger charge is -2.26. The Hall–Kier alpha value is -2.81. The second kappa shape index (κ2) is 8.16. The Kier molecular flexibility index (Phi) is 5.46. The minimum atomic E-state index is -0.269. The van der Waals surface area contributed by atoms with Gasteiger partial charge in [-0.25, -0.2) is 19.9 Å². The smallest absolute Gasteiger partial charge is 0.316 e. The molecular formula is C15H18N6O3. The standard InChI is InChI=1S/C15H18N6O3/c22-13(11-24-15-17-3-1-4-18-15)19-10-12-2-5-16-14(20-12)21-6-8-23-9-7-21/h1-5H,6-11H2,(H,19,22). The van der Waals surface area contributed by atoms with Crippen molar-refractivity contribution in [2.24, 2.45) is 0 Å². The molecule has 0 unspecified atom stereocenters. The van der Waals surface area contributed by atoms with E-state index in [1.165, 1.54) is 0 Å². The van der Waals surface area contributed by atoms with E-state index in [0.717, 1.165) is 18.8 Å². The van der Waals surface area contributed by atoms with Crippen molar-refractivity contribution in [3.63, 3.8) is 0 Å². The van der Waals surface area contributed by atoms with Crippen molar-refractivity contribution >= 4 is 11.9 Å². The van der Waals surface area contributed by atoms with E-state index in [9.17, 15) is 4.79 Å². The highest BCUT2D eigenvalue weighted by atomic mass is 16.5. The zero-order chi connectivity index (χ0) is 16.6.